The fourth-order valence-electron chi connectivity index (χ4n) is 1.04. The second-order valence-corrected chi connectivity index (χ2v) is 3.43. The Hall–Kier alpha value is -1.09. The van der Waals surface area contributed by atoms with Crippen LogP contribution in [0.5, 0.6) is 0 Å². The minimum atomic E-state index is 0.802. The molecule has 0 radical (unpaired) electrons. The van der Waals surface area contributed by atoms with Crippen molar-refractivity contribution >= 4 is 23.1 Å². The first-order valence-corrected chi connectivity index (χ1v) is 5.31. The van der Waals surface area contributed by atoms with E-state index in [0.717, 1.165) is 11.4 Å². The lowest BCUT2D eigenvalue weighted by Crippen LogP contribution is -2.09. The standard InChI is InChI=1S/C10H14N2S/c1-12(7-8-13-2)10-6-4-3-5-9(10)11/h3-8H,11H2,1-2H3/b8-7-. The maximum Gasteiger partial charge on any atom is 0.0637 e. The maximum absolute atomic E-state index is 5.81. The fraction of sp³-hybridized carbons (Fsp3) is 0.200. The number of thioether (sulfide) groups is 1. The van der Waals surface area contributed by atoms with Crippen molar-refractivity contribution in [3.8, 4) is 0 Å². The van der Waals surface area contributed by atoms with Crippen LogP contribution in [0, 0.1) is 0 Å². The van der Waals surface area contributed by atoms with Crippen LogP contribution in [0.25, 0.3) is 0 Å². The van der Waals surface area contributed by atoms with E-state index < -0.39 is 0 Å². The van der Waals surface area contributed by atoms with Gasteiger partial charge < -0.3 is 10.6 Å². The second-order valence-electron chi connectivity index (χ2n) is 2.69. The molecule has 0 unspecified atom stereocenters. The molecule has 0 saturated carbocycles. The van der Waals surface area contributed by atoms with Gasteiger partial charge in [-0.25, -0.2) is 0 Å². The quantitative estimate of drug-likeness (QED) is 0.750. The van der Waals surface area contributed by atoms with Crippen molar-refractivity contribution < 1.29 is 0 Å². The van der Waals surface area contributed by atoms with Crippen molar-refractivity contribution in [1.82, 2.24) is 0 Å². The van der Waals surface area contributed by atoms with E-state index in [2.05, 4.69) is 0 Å². The molecule has 2 nitrogen and oxygen atoms in total. The number of nitrogens with zero attached hydrogens (tertiary/aromatic N) is 1. The Labute approximate surface area is 83.4 Å². The Bertz CT molecular complexity index is 297. The van der Waals surface area contributed by atoms with Crippen LogP contribution in [0.4, 0.5) is 11.4 Å². The van der Waals surface area contributed by atoms with Gasteiger partial charge in [-0.1, -0.05) is 12.1 Å². The summed E-state index contributed by atoms with van der Waals surface area (Å²) in [5.41, 5.74) is 7.65. The monoisotopic (exact) mass is 194 g/mol. The van der Waals surface area contributed by atoms with E-state index in [1.165, 1.54) is 0 Å². The molecule has 0 atom stereocenters. The topological polar surface area (TPSA) is 29.3 Å². The predicted molar refractivity (Wildman–Crippen MR) is 61.9 cm³/mol. The summed E-state index contributed by atoms with van der Waals surface area (Å²) in [5.74, 6) is 0. The number of hydrogen-bond donors (Lipinski definition) is 1. The van der Waals surface area contributed by atoms with Gasteiger partial charge in [0.25, 0.3) is 0 Å². The van der Waals surface area contributed by atoms with Crippen LogP contribution in [0.1, 0.15) is 0 Å². The summed E-state index contributed by atoms with van der Waals surface area (Å²) in [6.07, 6.45) is 4.02. The summed E-state index contributed by atoms with van der Waals surface area (Å²) >= 11 is 1.67. The molecule has 0 amide bonds. The van der Waals surface area contributed by atoms with Crippen molar-refractivity contribution in [2.24, 2.45) is 0 Å². The smallest absolute Gasteiger partial charge is 0.0637 e. The van der Waals surface area contributed by atoms with Crippen LogP contribution in [0.15, 0.2) is 35.9 Å². The molecular weight excluding hydrogens is 180 g/mol. The molecule has 0 aliphatic heterocycles. The normalized spacial score (nSPS) is 10.6. The molecule has 3 heteroatoms. The zero-order valence-corrected chi connectivity index (χ0v) is 8.71. The molecule has 0 aromatic heterocycles. The lowest BCUT2D eigenvalue weighted by Gasteiger charge is -2.15. The summed E-state index contributed by atoms with van der Waals surface area (Å²) < 4.78 is 0. The van der Waals surface area contributed by atoms with Gasteiger partial charge in [0.15, 0.2) is 0 Å². The molecule has 1 aromatic rings. The molecule has 2 N–H and O–H groups in total. The van der Waals surface area contributed by atoms with E-state index in [9.17, 15) is 0 Å². The molecule has 0 spiro atoms. The zero-order valence-electron chi connectivity index (χ0n) is 7.90. The highest BCUT2D eigenvalue weighted by Crippen LogP contribution is 2.21. The molecular formula is C10H14N2S. The highest BCUT2D eigenvalue weighted by molar-refractivity contribution is 8.01. The number of nitrogens with two attached hydrogens (primary N) is 1. The first-order chi connectivity index (χ1) is 6.25. The Morgan fingerprint density at radius 3 is 2.69 bits per heavy atom. The number of para-hydroxylation sites is 2. The number of anilines is 2. The predicted octanol–water partition coefficient (Wildman–Crippen LogP) is 2.54. The van der Waals surface area contributed by atoms with Crippen LogP contribution in [-0.4, -0.2) is 13.3 Å². The van der Waals surface area contributed by atoms with Crippen molar-refractivity contribution in [3.05, 3.63) is 35.9 Å². The minimum Gasteiger partial charge on any atom is -0.397 e. The van der Waals surface area contributed by atoms with Crippen LogP contribution in [-0.2, 0) is 0 Å². The van der Waals surface area contributed by atoms with E-state index in [0.29, 0.717) is 0 Å². The van der Waals surface area contributed by atoms with Crippen molar-refractivity contribution in [2.45, 2.75) is 0 Å². The first-order valence-electron chi connectivity index (χ1n) is 4.02. The highest BCUT2D eigenvalue weighted by Gasteiger charge is 1.99. The fourth-order valence-corrected chi connectivity index (χ4v) is 1.35. The van der Waals surface area contributed by atoms with Crippen molar-refractivity contribution in [1.29, 1.82) is 0 Å². The average Bonchev–Trinajstić information content (AvgIpc) is 2.15. The van der Waals surface area contributed by atoms with E-state index >= 15 is 0 Å². The van der Waals surface area contributed by atoms with Crippen LogP contribution >= 0.6 is 11.8 Å². The molecule has 0 saturated heterocycles. The van der Waals surface area contributed by atoms with Crippen LogP contribution in [0.3, 0.4) is 0 Å². The van der Waals surface area contributed by atoms with E-state index in [1.807, 2.05) is 54.1 Å². The Morgan fingerprint density at radius 1 is 1.38 bits per heavy atom. The lowest BCUT2D eigenvalue weighted by atomic mass is 10.2. The minimum absolute atomic E-state index is 0.802. The third-order valence-corrected chi connectivity index (χ3v) is 2.13. The van der Waals surface area contributed by atoms with Gasteiger partial charge in [0.1, 0.15) is 0 Å². The molecule has 0 heterocycles. The summed E-state index contributed by atoms with van der Waals surface area (Å²) in [6, 6.07) is 7.82. The summed E-state index contributed by atoms with van der Waals surface area (Å²) in [4.78, 5) is 2.01. The Kier molecular flexibility index (Phi) is 3.71. The van der Waals surface area contributed by atoms with Gasteiger partial charge in [-0.3, -0.25) is 0 Å². The van der Waals surface area contributed by atoms with Gasteiger partial charge in [0.2, 0.25) is 0 Å². The maximum atomic E-state index is 5.81. The van der Waals surface area contributed by atoms with Gasteiger partial charge in [-0.15, -0.1) is 11.8 Å². The molecule has 0 aliphatic rings. The molecule has 13 heavy (non-hydrogen) atoms. The number of nitrogen functional groups attached to an aromatic ring is 1. The van der Waals surface area contributed by atoms with Gasteiger partial charge in [0, 0.05) is 13.2 Å². The summed E-state index contributed by atoms with van der Waals surface area (Å²) in [6.45, 7) is 0. The second kappa shape index (κ2) is 4.82. The number of rotatable bonds is 3. The van der Waals surface area contributed by atoms with Gasteiger partial charge in [-0.05, 0) is 23.8 Å². The lowest BCUT2D eigenvalue weighted by molar-refractivity contribution is 1.21. The summed E-state index contributed by atoms with van der Waals surface area (Å²) in [7, 11) is 1.98. The molecule has 1 rings (SSSR count). The Balaban J connectivity index is 2.82. The largest absolute Gasteiger partial charge is 0.397 e. The van der Waals surface area contributed by atoms with E-state index in [1.54, 1.807) is 11.8 Å². The Morgan fingerprint density at radius 2 is 2.08 bits per heavy atom. The van der Waals surface area contributed by atoms with Gasteiger partial charge in [0.05, 0.1) is 11.4 Å². The summed E-state index contributed by atoms with van der Waals surface area (Å²) in [5, 5.41) is 2.02. The highest BCUT2D eigenvalue weighted by atomic mass is 32.2. The van der Waals surface area contributed by atoms with E-state index in [-0.39, 0.29) is 0 Å². The van der Waals surface area contributed by atoms with Crippen LogP contribution < -0.4 is 10.6 Å². The number of benzene rings is 1. The third-order valence-electron chi connectivity index (χ3n) is 1.74. The first kappa shape index (κ1) is 9.99. The van der Waals surface area contributed by atoms with Gasteiger partial charge in [-0.2, -0.15) is 0 Å². The molecule has 70 valence electrons. The van der Waals surface area contributed by atoms with Crippen LogP contribution in [0.2, 0.25) is 0 Å². The zero-order chi connectivity index (χ0) is 9.68. The molecule has 0 aliphatic carbocycles. The third kappa shape index (κ3) is 2.70. The molecule has 0 bridgehead atoms. The van der Waals surface area contributed by atoms with Crippen molar-refractivity contribution in [3.63, 3.8) is 0 Å². The molecule has 0 fully saturated rings. The van der Waals surface area contributed by atoms with Gasteiger partial charge >= 0.3 is 0 Å². The number of hydrogen-bond acceptors (Lipinski definition) is 3. The SMILES string of the molecule is CS/C=C\N(C)c1ccccc1N. The molecule has 1 aromatic carbocycles. The average molecular weight is 194 g/mol. The van der Waals surface area contributed by atoms with E-state index in [4.69, 9.17) is 5.73 Å². The van der Waals surface area contributed by atoms with Crippen molar-refractivity contribution in [2.75, 3.05) is 23.9 Å².